The number of rotatable bonds is 7. The van der Waals surface area contributed by atoms with Gasteiger partial charge in [0.25, 0.3) is 0 Å². The van der Waals surface area contributed by atoms with E-state index in [0.29, 0.717) is 23.2 Å². The summed E-state index contributed by atoms with van der Waals surface area (Å²) in [4.78, 5) is 24.8. The zero-order valence-electron chi connectivity index (χ0n) is 17.2. The third-order valence-electron chi connectivity index (χ3n) is 4.99. The lowest BCUT2D eigenvalue weighted by molar-refractivity contribution is -0.139. The van der Waals surface area contributed by atoms with Crippen LogP contribution in [0.15, 0.2) is 36.4 Å². The molecule has 30 heavy (non-hydrogen) atoms. The highest BCUT2D eigenvalue weighted by molar-refractivity contribution is 5.79. The minimum Gasteiger partial charge on any atom is -0.496 e. The fourth-order valence-corrected chi connectivity index (χ4v) is 3.62. The number of carbonyl (C=O) groups excluding carboxylic acids is 1. The molecule has 0 radical (unpaired) electrons. The first-order valence-corrected chi connectivity index (χ1v) is 9.37. The summed E-state index contributed by atoms with van der Waals surface area (Å²) >= 11 is 0. The van der Waals surface area contributed by atoms with E-state index in [1.807, 2.05) is 13.8 Å². The summed E-state index contributed by atoms with van der Waals surface area (Å²) in [6.07, 6.45) is -5.50. The standard InChI is InChI=1S/C22H24F3NO4/c1-5-26(14(3)27)13(2)16-8-6-7-9-17(16)18-10-15(11-21(28)29)19(22(23,24)25)12-20(18)30-4/h6-10,12-13H,5,11H2,1-4H3,(H,28,29). The van der Waals surface area contributed by atoms with Crippen LogP contribution < -0.4 is 4.74 Å². The van der Waals surface area contributed by atoms with Gasteiger partial charge in [-0.15, -0.1) is 0 Å². The molecule has 162 valence electrons. The first-order valence-electron chi connectivity index (χ1n) is 9.37. The summed E-state index contributed by atoms with van der Waals surface area (Å²) in [5, 5.41) is 9.11. The van der Waals surface area contributed by atoms with Crippen molar-refractivity contribution in [2.75, 3.05) is 13.7 Å². The van der Waals surface area contributed by atoms with Gasteiger partial charge in [-0.05, 0) is 42.7 Å². The molecule has 0 aliphatic heterocycles. The van der Waals surface area contributed by atoms with Crippen LogP contribution >= 0.6 is 0 Å². The molecule has 1 unspecified atom stereocenters. The Labute approximate surface area is 173 Å². The summed E-state index contributed by atoms with van der Waals surface area (Å²) < 4.78 is 45.8. The Kier molecular flexibility index (Phi) is 7.12. The second-order valence-corrected chi connectivity index (χ2v) is 6.85. The quantitative estimate of drug-likeness (QED) is 0.685. The van der Waals surface area contributed by atoms with Crippen LogP contribution in [0.5, 0.6) is 5.75 Å². The molecule has 0 aliphatic rings. The maximum absolute atomic E-state index is 13.5. The number of alkyl halides is 3. The average Bonchev–Trinajstić information content (AvgIpc) is 2.66. The Balaban J connectivity index is 2.75. The number of nitrogens with zero attached hydrogens (tertiary/aromatic N) is 1. The van der Waals surface area contributed by atoms with Gasteiger partial charge in [-0.2, -0.15) is 13.2 Å². The van der Waals surface area contributed by atoms with E-state index in [1.54, 1.807) is 29.2 Å². The molecule has 0 aliphatic carbocycles. The summed E-state index contributed by atoms with van der Waals surface area (Å²) in [7, 11) is 1.26. The topological polar surface area (TPSA) is 66.8 Å². The third-order valence-corrected chi connectivity index (χ3v) is 4.99. The molecule has 1 atom stereocenters. The zero-order chi connectivity index (χ0) is 22.6. The normalized spacial score (nSPS) is 12.4. The van der Waals surface area contributed by atoms with E-state index in [9.17, 15) is 22.8 Å². The molecule has 2 rings (SSSR count). The van der Waals surface area contributed by atoms with Crippen LogP contribution in [0.1, 0.15) is 43.5 Å². The Morgan fingerprint density at radius 2 is 1.80 bits per heavy atom. The minimum absolute atomic E-state index is 0.0259. The second kappa shape index (κ2) is 9.19. The van der Waals surface area contributed by atoms with E-state index in [-0.39, 0.29) is 23.3 Å². The lowest BCUT2D eigenvalue weighted by Gasteiger charge is -2.29. The molecule has 0 aromatic heterocycles. The SMILES string of the molecule is CCN(C(C)=O)C(C)c1ccccc1-c1cc(CC(=O)O)c(C(F)(F)F)cc1OC. The van der Waals surface area contributed by atoms with Gasteiger partial charge in [0, 0.05) is 19.0 Å². The van der Waals surface area contributed by atoms with Gasteiger partial charge < -0.3 is 14.7 Å². The summed E-state index contributed by atoms with van der Waals surface area (Å²) in [5.74, 6) is -1.53. The highest BCUT2D eigenvalue weighted by Crippen LogP contribution is 2.42. The van der Waals surface area contributed by atoms with Gasteiger partial charge in [0.05, 0.1) is 25.1 Å². The Morgan fingerprint density at radius 1 is 1.17 bits per heavy atom. The second-order valence-electron chi connectivity index (χ2n) is 6.85. The van der Waals surface area contributed by atoms with Gasteiger partial charge in [-0.3, -0.25) is 9.59 Å². The van der Waals surface area contributed by atoms with E-state index in [0.717, 1.165) is 6.07 Å². The molecule has 2 aromatic carbocycles. The number of aliphatic carboxylic acids is 1. The maximum Gasteiger partial charge on any atom is 0.416 e. The molecular formula is C22H24F3NO4. The number of amides is 1. The van der Waals surface area contributed by atoms with Gasteiger partial charge >= 0.3 is 12.1 Å². The molecule has 0 saturated heterocycles. The van der Waals surface area contributed by atoms with Crippen molar-refractivity contribution in [3.63, 3.8) is 0 Å². The number of hydrogen-bond donors (Lipinski definition) is 1. The van der Waals surface area contributed by atoms with Crippen LogP contribution in [0.3, 0.4) is 0 Å². The highest BCUT2D eigenvalue weighted by Gasteiger charge is 2.35. The number of halogens is 3. The first kappa shape index (κ1) is 23.3. The minimum atomic E-state index is -4.73. The number of methoxy groups -OCH3 is 1. The van der Waals surface area contributed by atoms with Gasteiger partial charge in [-0.1, -0.05) is 24.3 Å². The van der Waals surface area contributed by atoms with E-state index in [4.69, 9.17) is 9.84 Å². The highest BCUT2D eigenvalue weighted by atomic mass is 19.4. The van der Waals surface area contributed by atoms with Crippen molar-refractivity contribution in [2.24, 2.45) is 0 Å². The van der Waals surface area contributed by atoms with Gasteiger partial charge in [0.2, 0.25) is 5.91 Å². The fourth-order valence-electron chi connectivity index (χ4n) is 3.62. The van der Waals surface area contributed by atoms with Crippen molar-refractivity contribution in [2.45, 2.75) is 39.4 Å². The van der Waals surface area contributed by atoms with Crippen LogP contribution in [0, 0.1) is 0 Å². The molecule has 5 nitrogen and oxygen atoms in total. The predicted octanol–water partition coefficient (Wildman–Crippen LogP) is 4.94. The van der Waals surface area contributed by atoms with Crippen LogP contribution in [-0.4, -0.2) is 35.5 Å². The molecular weight excluding hydrogens is 399 g/mol. The molecule has 0 heterocycles. The lowest BCUT2D eigenvalue weighted by atomic mass is 9.90. The van der Waals surface area contributed by atoms with Crippen LogP contribution in [-0.2, 0) is 22.2 Å². The molecule has 0 saturated carbocycles. The van der Waals surface area contributed by atoms with Crippen LogP contribution in [0.4, 0.5) is 13.2 Å². The molecule has 2 aromatic rings. The zero-order valence-corrected chi connectivity index (χ0v) is 17.2. The van der Waals surface area contributed by atoms with Crippen molar-refractivity contribution in [1.29, 1.82) is 0 Å². The van der Waals surface area contributed by atoms with Crippen molar-refractivity contribution >= 4 is 11.9 Å². The van der Waals surface area contributed by atoms with Crippen LogP contribution in [0.25, 0.3) is 11.1 Å². The Morgan fingerprint density at radius 3 is 2.30 bits per heavy atom. The Bertz CT molecular complexity index is 940. The van der Waals surface area contributed by atoms with E-state index in [1.165, 1.54) is 20.1 Å². The van der Waals surface area contributed by atoms with Crippen molar-refractivity contribution in [3.8, 4) is 16.9 Å². The molecule has 8 heteroatoms. The number of ether oxygens (including phenoxy) is 1. The summed E-state index contributed by atoms with van der Waals surface area (Å²) in [6, 6.07) is 8.71. The molecule has 0 spiro atoms. The van der Waals surface area contributed by atoms with E-state index in [2.05, 4.69) is 0 Å². The maximum atomic E-state index is 13.5. The van der Waals surface area contributed by atoms with Gasteiger partial charge in [-0.25, -0.2) is 0 Å². The van der Waals surface area contributed by atoms with Crippen LogP contribution in [0.2, 0.25) is 0 Å². The largest absolute Gasteiger partial charge is 0.496 e. The van der Waals surface area contributed by atoms with E-state index >= 15 is 0 Å². The van der Waals surface area contributed by atoms with Crippen molar-refractivity contribution in [3.05, 3.63) is 53.1 Å². The Hall–Kier alpha value is -3.03. The van der Waals surface area contributed by atoms with Crippen molar-refractivity contribution < 1.29 is 32.6 Å². The first-order chi connectivity index (χ1) is 14.0. The molecule has 1 amide bonds. The monoisotopic (exact) mass is 423 g/mol. The van der Waals surface area contributed by atoms with Crippen molar-refractivity contribution in [1.82, 2.24) is 4.90 Å². The molecule has 1 N–H and O–H groups in total. The number of carboxylic acid groups (broad SMARTS) is 1. The summed E-state index contributed by atoms with van der Waals surface area (Å²) in [6.45, 7) is 5.58. The number of carbonyl (C=O) groups is 2. The van der Waals surface area contributed by atoms with E-state index < -0.39 is 24.1 Å². The fraction of sp³-hybridized carbons (Fsp3) is 0.364. The smallest absolute Gasteiger partial charge is 0.416 e. The van der Waals surface area contributed by atoms with Gasteiger partial charge in [0.1, 0.15) is 5.75 Å². The third kappa shape index (κ3) is 4.93. The molecule has 0 bridgehead atoms. The number of hydrogen-bond acceptors (Lipinski definition) is 3. The predicted molar refractivity (Wildman–Crippen MR) is 106 cm³/mol. The number of carboxylic acids is 1. The average molecular weight is 423 g/mol. The lowest BCUT2D eigenvalue weighted by Crippen LogP contribution is -2.31. The number of benzene rings is 2. The summed E-state index contributed by atoms with van der Waals surface area (Å²) in [5.41, 5.74) is 0.224. The molecule has 0 fully saturated rings. The van der Waals surface area contributed by atoms with Gasteiger partial charge in [0.15, 0.2) is 0 Å².